The average molecular weight is 402 g/mol. The molecule has 0 atom stereocenters. The smallest absolute Gasteiger partial charge is 0.303 e. The van der Waals surface area contributed by atoms with Crippen molar-refractivity contribution in [2.24, 2.45) is 7.05 Å². The van der Waals surface area contributed by atoms with Gasteiger partial charge in [0.15, 0.2) is 0 Å². The number of alkyl halides is 2. The van der Waals surface area contributed by atoms with Gasteiger partial charge in [-0.2, -0.15) is 0 Å². The van der Waals surface area contributed by atoms with Gasteiger partial charge in [0.05, 0.1) is 24.2 Å². The number of halogens is 2. The molecule has 1 heterocycles. The first-order valence-electron chi connectivity index (χ1n) is 8.68. The fourth-order valence-corrected chi connectivity index (χ4v) is 3.17. The molecule has 6 nitrogen and oxygen atoms in total. The second-order valence-electron chi connectivity index (χ2n) is 5.98. The molecule has 8 heteroatoms. The first-order chi connectivity index (χ1) is 12.6. The Kier molecular flexibility index (Phi) is 8.48. The number of nitrogens with zero attached hydrogens (tertiary/aromatic N) is 3. The summed E-state index contributed by atoms with van der Waals surface area (Å²) in [5.74, 6) is 1.13. The summed E-state index contributed by atoms with van der Waals surface area (Å²) >= 11 is 11.6. The highest BCUT2D eigenvalue weighted by Crippen LogP contribution is 2.23. The van der Waals surface area contributed by atoms with Gasteiger partial charge in [-0.1, -0.05) is 0 Å². The molecule has 0 bridgehead atoms. The fourth-order valence-electron chi connectivity index (χ4n) is 2.86. The first kappa shape index (κ1) is 20.8. The van der Waals surface area contributed by atoms with Gasteiger partial charge < -0.3 is 19.3 Å². The number of carbonyl (C=O) groups is 1. The Hall–Kier alpha value is -1.50. The summed E-state index contributed by atoms with van der Waals surface area (Å²) in [6.07, 6.45) is 1.38. The molecule has 1 N–H and O–H groups in total. The normalized spacial score (nSPS) is 11.2. The van der Waals surface area contributed by atoms with E-state index >= 15 is 0 Å². The Labute approximate surface area is 163 Å². The van der Waals surface area contributed by atoms with E-state index in [1.165, 1.54) is 0 Å². The summed E-state index contributed by atoms with van der Waals surface area (Å²) < 4.78 is 7.50. The molecular formula is C18H25Cl2N3O3. The maximum atomic E-state index is 10.7. The number of carboxylic acids is 1. The highest BCUT2D eigenvalue weighted by Gasteiger charge is 2.12. The summed E-state index contributed by atoms with van der Waals surface area (Å²) in [5.41, 5.74) is 2.97. The van der Waals surface area contributed by atoms with Gasteiger partial charge >= 0.3 is 5.97 Å². The number of benzene rings is 1. The van der Waals surface area contributed by atoms with E-state index in [2.05, 4.69) is 16.0 Å². The summed E-state index contributed by atoms with van der Waals surface area (Å²) in [6.45, 7) is 2.57. The molecule has 0 aliphatic carbocycles. The van der Waals surface area contributed by atoms with Crippen molar-refractivity contribution in [3.63, 3.8) is 0 Å². The number of carboxylic acid groups (broad SMARTS) is 1. The lowest BCUT2D eigenvalue weighted by molar-refractivity contribution is -0.137. The molecule has 0 saturated carbocycles. The van der Waals surface area contributed by atoms with Crippen LogP contribution in [0.3, 0.4) is 0 Å². The number of hydrogen-bond donors (Lipinski definition) is 1. The number of aromatic nitrogens is 2. The van der Waals surface area contributed by atoms with Crippen LogP contribution in [0.4, 0.5) is 5.69 Å². The predicted octanol–water partition coefficient (Wildman–Crippen LogP) is 3.28. The lowest BCUT2D eigenvalue weighted by Crippen LogP contribution is -2.29. The molecule has 0 aliphatic rings. The van der Waals surface area contributed by atoms with Gasteiger partial charge in [-0.15, -0.1) is 23.2 Å². The molecule has 0 spiro atoms. The third-order valence-corrected chi connectivity index (χ3v) is 4.52. The molecule has 0 amide bonds. The molecule has 0 radical (unpaired) electrons. The van der Waals surface area contributed by atoms with Crippen molar-refractivity contribution in [3.8, 4) is 0 Å². The van der Waals surface area contributed by atoms with Crippen molar-refractivity contribution in [2.75, 3.05) is 43.0 Å². The van der Waals surface area contributed by atoms with Crippen molar-refractivity contribution in [1.29, 1.82) is 0 Å². The van der Waals surface area contributed by atoms with E-state index in [0.717, 1.165) is 35.6 Å². The van der Waals surface area contributed by atoms with Gasteiger partial charge in [-0.05, 0) is 24.6 Å². The van der Waals surface area contributed by atoms with Crippen molar-refractivity contribution in [2.45, 2.75) is 19.3 Å². The summed E-state index contributed by atoms with van der Waals surface area (Å²) in [7, 11) is 1.96. The number of fused-ring (bicyclic) bond motifs is 1. The molecule has 0 aliphatic heterocycles. The quantitative estimate of drug-likeness (QED) is 0.436. The minimum absolute atomic E-state index is 0.153. The van der Waals surface area contributed by atoms with Crippen LogP contribution in [0.25, 0.3) is 11.0 Å². The molecule has 1 aromatic carbocycles. The van der Waals surface area contributed by atoms with Crippen LogP contribution in [0.15, 0.2) is 18.2 Å². The van der Waals surface area contributed by atoms with E-state index in [4.69, 9.17) is 33.0 Å². The van der Waals surface area contributed by atoms with Gasteiger partial charge in [0.1, 0.15) is 5.82 Å². The molecule has 0 fully saturated rings. The Morgan fingerprint density at radius 1 is 1.27 bits per heavy atom. The van der Waals surface area contributed by atoms with Crippen LogP contribution in [0, 0.1) is 0 Å². The predicted molar refractivity (Wildman–Crippen MR) is 106 cm³/mol. The Morgan fingerprint density at radius 3 is 2.77 bits per heavy atom. The van der Waals surface area contributed by atoms with Crippen LogP contribution in [-0.4, -0.2) is 58.7 Å². The number of imidazole rings is 1. The lowest BCUT2D eigenvalue weighted by Gasteiger charge is -2.23. The van der Waals surface area contributed by atoms with Gasteiger partial charge in [0.25, 0.3) is 0 Å². The monoisotopic (exact) mass is 401 g/mol. The van der Waals surface area contributed by atoms with Gasteiger partial charge in [-0.25, -0.2) is 4.98 Å². The van der Waals surface area contributed by atoms with Gasteiger partial charge in [-0.3, -0.25) is 4.79 Å². The van der Waals surface area contributed by atoms with Crippen molar-refractivity contribution in [1.82, 2.24) is 9.55 Å². The van der Waals surface area contributed by atoms with Gasteiger partial charge in [0.2, 0.25) is 0 Å². The molecule has 0 unspecified atom stereocenters. The Balaban J connectivity index is 2.13. The number of hydrogen-bond acceptors (Lipinski definition) is 4. The van der Waals surface area contributed by atoms with Crippen molar-refractivity contribution < 1.29 is 14.6 Å². The van der Waals surface area contributed by atoms with Crippen LogP contribution >= 0.6 is 23.2 Å². The van der Waals surface area contributed by atoms with Crippen molar-refractivity contribution in [3.05, 3.63) is 24.0 Å². The number of aliphatic carboxylic acids is 1. The average Bonchev–Trinajstić information content (AvgIpc) is 2.93. The summed E-state index contributed by atoms with van der Waals surface area (Å²) in [6, 6.07) is 6.14. The topological polar surface area (TPSA) is 67.6 Å². The molecule has 26 heavy (non-hydrogen) atoms. The highest BCUT2D eigenvalue weighted by molar-refractivity contribution is 6.18. The van der Waals surface area contributed by atoms with E-state index in [-0.39, 0.29) is 6.42 Å². The Morgan fingerprint density at radius 2 is 2.08 bits per heavy atom. The van der Waals surface area contributed by atoms with Crippen LogP contribution in [-0.2, 0) is 23.0 Å². The Bertz CT molecular complexity index is 721. The zero-order chi connectivity index (χ0) is 18.9. The maximum absolute atomic E-state index is 10.7. The molecular weight excluding hydrogens is 377 g/mol. The minimum atomic E-state index is -0.779. The number of ether oxygens (including phenoxy) is 1. The summed E-state index contributed by atoms with van der Waals surface area (Å²) in [4.78, 5) is 17.5. The van der Waals surface area contributed by atoms with E-state index in [9.17, 15) is 4.79 Å². The SMILES string of the molecule is Cn1c(CCCC(=O)O)nc2cc(N(CCCl)CCOCCCl)ccc21. The number of aryl methyl sites for hydroxylation is 2. The van der Waals surface area contributed by atoms with Crippen LogP contribution in [0.2, 0.25) is 0 Å². The minimum Gasteiger partial charge on any atom is -0.481 e. The summed E-state index contributed by atoms with van der Waals surface area (Å²) in [5, 5.41) is 8.79. The third-order valence-electron chi connectivity index (χ3n) is 4.19. The van der Waals surface area contributed by atoms with E-state index in [1.54, 1.807) is 0 Å². The second-order valence-corrected chi connectivity index (χ2v) is 6.74. The van der Waals surface area contributed by atoms with E-state index < -0.39 is 5.97 Å². The van der Waals surface area contributed by atoms with E-state index in [1.807, 2.05) is 23.7 Å². The standard InChI is InChI=1S/C18H25Cl2N3O3/c1-22-16-6-5-14(23(9-7-19)10-12-26-11-8-20)13-15(16)21-17(22)3-2-4-18(24)25/h5-6,13H,2-4,7-12H2,1H3,(H,24,25). The second kappa shape index (κ2) is 10.6. The van der Waals surface area contributed by atoms with Gasteiger partial charge in [0, 0.05) is 50.4 Å². The van der Waals surface area contributed by atoms with Crippen LogP contribution in [0.1, 0.15) is 18.7 Å². The van der Waals surface area contributed by atoms with Crippen LogP contribution in [0.5, 0.6) is 0 Å². The van der Waals surface area contributed by atoms with E-state index in [0.29, 0.717) is 37.8 Å². The highest BCUT2D eigenvalue weighted by atomic mass is 35.5. The molecule has 1 aromatic heterocycles. The maximum Gasteiger partial charge on any atom is 0.303 e. The number of rotatable bonds is 12. The molecule has 144 valence electrons. The zero-order valence-electron chi connectivity index (χ0n) is 15.0. The molecule has 2 rings (SSSR count). The largest absolute Gasteiger partial charge is 0.481 e. The lowest BCUT2D eigenvalue weighted by atomic mass is 10.2. The third kappa shape index (κ3) is 5.76. The van der Waals surface area contributed by atoms with Crippen molar-refractivity contribution >= 4 is 45.9 Å². The van der Waals surface area contributed by atoms with Crippen LogP contribution < -0.4 is 4.90 Å². The molecule has 0 saturated heterocycles. The fraction of sp³-hybridized carbons (Fsp3) is 0.556. The first-order valence-corrected chi connectivity index (χ1v) is 9.75. The number of anilines is 1. The molecule has 2 aromatic rings. The zero-order valence-corrected chi connectivity index (χ0v) is 16.5.